The maximum absolute atomic E-state index is 13.3. The number of furan rings is 1. The smallest absolute Gasteiger partial charge is 0.296 e. The van der Waals surface area contributed by atoms with Gasteiger partial charge in [-0.25, -0.2) is 4.98 Å². The van der Waals surface area contributed by atoms with Crippen LogP contribution in [0.5, 0.6) is 0 Å². The van der Waals surface area contributed by atoms with Crippen LogP contribution in [-0.4, -0.2) is 21.8 Å². The Morgan fingerprint density at radius 1 is 1.09 bits per heavy atom. The first-order valence-corrected chi connectivity index (χ1v) is 11.0. The highest BCUT2D eigenvalue weighted by atomic mass is 32.1. The number of nitrogens with zero attached hydrogens (tertiary/aromatic N) is 2. The second-order valence-electron chi connectivity index (χ2n) is 7.92. The van der Waals surface area contributed by atoms with Crippen molar-refractivity contribution in [3.63, 3.8) is 0 Å². The summed E-state index contributed by atoms with van der Waals surface area (Å²) in [6.45, 7) is 5.72. The van der Waals surface area contributed by atoms with Gasteiger partial charge in [-0.1, -0.05) is 47.7 Å². The zero-order chi connectivity index (χ0) is 22.6. The lowest BCUT2D eigenvalue weighted by molar-refractivity contribution is -0.117. The van der Waals surface area contributed by atoms with Gasteiger partial charge in [0.15, 0.2) is 16.7 Å². The Kier molecular flexibility index (Phi) is 4.71. The molecule has 0 radical (unpaired) electrons. The first-order chi connectivity index (χ1) is 15.3. The van der Waals surface area contributed by atoms with Crippen molar-refractivity contribution in [2.75, 3.05) is 4.90 Å². The number of amides is 1. The number of carbonyl (C=O) groups is 2. The van der Waals surface area contributed by atoms with Crippen LogP contribution in [0.1, 0.15) is 39.0 Å². The van der Waals surface area contributed by atoms with E-state index in [1.54, 1.807) is 19.1 Å². The average Bonchev–Trinajstić information content (AvgIpc) is 3.45. The van der Waals surface area contributed by atoms with Crippen molar-refractivity contribution < 1.29 is 19.1 Å². The molecule has 0 aliphatic carbocycles. The fourth-order valence-corrected chi connectivity index (χ4v) is 5.30. The van der Waals surface area contributed by atoms with Crippen molar-refractivity contribution in [2.24, 2.45) is 0 Å². The van der Waals surface area contributed by atoms with Crippen LogP contribution in [0.15, 0.2) is 70.3 Å². The summed E-state index contributed by atoms with van der Waals surface area (Å²) in [5.41, 5.74) is 3.59. The molecule has 6 nitrogen and oxygen atoms in total. The number of aryl methyl sites for hydroxylation is 3. The maximum atomic E-state index is 13.3. The maximum Gasteiger partial charge on any atom is 0.296 e. The lowest BCUT2D eigenvalue weighted by Gasteiger charge is -2.24. The van der Waals surface area contributed by atoms with Gasteiger partial charge in [-0.3, -0.25) is 14.5 Å². The molecule has 5 rings (SSSR count). The highest BCUT2D eigenvalue weighted by Gasteiger charge is 2.46. The van der Waals surface area contributed by atoms with Gasteiger partial charge >= 0.3 is 0 Å². The molecule has 0 saturated heterocycles. The van der Waals surface area contributed by atoms with Crippen molar-refractivity contribution in [3.05, 3.63) is 94.1 Å². The molecule has 0 saturated carbocycles. The molecule has 1 aliphatic rings. The van der Waals surface area contributed by atoms with Gasteiger partial charge < -0.3 is 9.52 Å². The third kappa shape index (κ3) is 3.13. The molecule has 2 aromatic carbocycles. The van der Waals surface area contributed by atoms with Gasteiger partial charge in [0.05, 0.1) is 21.8 Å². The zero-order valence-corrected chi connectivity index (χ0v) is 18.6. The average molecular weight is 445 g/mol. The number of aliphatic hydroxyl groups is 1. The van der Waals surface area contributed by atoms with E-state index in [9.17, 15) is 14.7 Å². The van der Waals surface area contributed by atoms with Crippen LogP contribution in [0.3, 0.4) is 0 Å². The first-order valence-electron chi connectivity index (χ1n) is 10.2. The third-order valence-electron chi connectivity index (χ3n) is 5.56. The zero-order valence-electron chi connectivity index (χ0n) is 17.7. The number of anilines is 1. The molecule has 1 amide bonds. The summed E-state index contributed by atoms with van der Waals surface area (Å²) in [7, 11) is 0. The molecular formula is C25H20N2O4S. The molecule has 32 heavy (non-hydrogen) atoms. The van der Waals surface area contributed by atoms with Crippen LogP contribution in [-0.2, 0) is 4.79 Å². The van der Waals surface area contributed by atoms with E-state index < -0.39 is 23.5 Å². The van der Waals surface area contributed by atoms with Gasteiger partial charge in [-0.2, -0.15) is 0 Å². The van der Waals surface area contributed by atoms with Gasteiger partial charge in [0.1, 0.15) is 5.76 Å². The molecule has 1 atom stereocenters. The molecule has 4 aromatic rings. The Morgan fingerprint density at radius 3 is 2.53 bits per heavy atom. The van der Waals surface area contributed by atoms with E-state index in [1.807, 2.05) is 56.3 Å². The van der Waals surface area contributed by atoms with Gasteiger partial charge in [0.2, 0.25) is 5.78 Å². The molecule has 1 N–H and O–H groups in total. The molecule has 0 spiro atoms. The second-order valence-corrected chi connectivity index (χ2v) is 8.92. The van der Waals surface area contributed by atoms with E-state index >= 15 is 0 Å². The largest absolute Gasteiger partial charge is 0.503 e. The summed E-state index contributed by atoms with van der Waals surface area (Å²) in [5, 5.41) is 11.3. The molecule has 7 heteroatoms. The topological polar surface area (TPSA) is 83.6 Å². The van der Waals surface area contributed by atoms with E-state index in [0.717, 1.165) is 21.3 Å². The molecule has 0 bridgehead atoms. The number of benzene rings is 2. The number of hydrogen-bond donors (Lipinski definition) is 1. The Balaban J connectivity index is 1.69. The minimum absolute atomic E-state index is 0.0114. The predicted molar refractivity (Wildman–Crippen MR) is 123 cm³/mol. The van der Waals surface area contributed by atoms with Crippen LogP contribution in [0.2, 0.25) is 0 Å². The normalized spacial score (nSPS) is 16.4. The molecule has 0 unspecified atom stereocenters. The van der Waals surface area contributed by atoms with Crippen molar-refractivity contribution in [3.8, 4) is 0 Å². The quantitative estimate of drug-likeness (QED) is 0.414. The summed E-state index contributed by atoms with van der Waals surface area (Å²) < 4.78 is 6.45. The molecule has 3 heterocycles. The number of carbonyl (C=O) groups excluding carboxylic acids is 2. The SMILES string of the molecule is Cc1cc(C)c2nc(N3C(=O)C(O)=C(C(=O)c4ccc(C)o4)[C@@H]3c3ccccc3)sc2c1. The number of hydrogen-bond acceptors (Lipinski definition) is 6. The number of aliphatic hydroxyl groups excluding tert-OH is 1. The lowest BCUT2D eigenvalue weighted by atomic mass is 9.95. The number of ketones is 1. The summed E-state index contributed by atoms with van der Waals surface area (Å²) in [6.07, 6.45) is 0. The van der Waals surface area contributed by atoms with E-state index in [-0.39, 0.29) is 11.3 Å². The van der Waals surface area contributed by atoms with Crippen LogP contribution in [0.4, 0.5) is 5.13 Å². The van der Waals surface area contributed by atoms with Crippen molar-refractivity contribution in [2.45, 2.75) is 26.8 Å². The molecule has 1 aliphatic heterocycles. The van der Waals surface area contributed by atoms with Crippen molar-refractivity contribution in [1.82, 2.24) is 4.98 Å². The van der Waals surface area contributed by atoms with Gasteiger partial charge in [0.25, 0.3) is 5.91 Å². The third-order valence-corrected chi connectivity index (χ3v) is 6.56. The Bertz CT molecular complexity index is 1410. The fraction of sp³-hybridized carbons (Fsp3) is 0.160. The molecule has 0 fully saturated rings. The molecular weight excluding hydrogens is 424 g/mol. The standard InChI is InChI=1S/C25H20N2O4S/c1-13-11-14(2)20-18(12-13)32-25(26-20)27-21(16-7-5-4-6-8-16)19(23(29)24(27)30)22(28)17-10-9-15(3)31-17/h4-12,21,29H,1-3H3/t21-/m0/s1. The predicted octanol–water partition coefficient (Wildman–Crippen LogP) is 5.60. The number of Topliss-reactive ketones (excluding diaryl/α,β-unsaturated/α-hetero) is 1. The monoisotopic (exact) mass is 444 g/mol. The first kappa shape index (κ1) is 20.2. The van der Waals surface area contributed by atoms with Crippen molar-refractivity contribution >= 4 is 38.4 Å². The van der Waals surface area contributed by atoms with Crippen LogP contribution in [0, 0.1) is 20.8 Å². The Labute approximate surface area is 188 Å². The summed E-state index contributed by atoms with van der Waals surface area (Å²) in [5.74, 6) is -1.10. The Hall–Kier alpha value is -3.71. The van der Waals surface area contributed by atoms with Crippen molar-refractivity contribution in [1.29, 1.82) is 0 Å². The number of fused-ring (bicyclic) bond motifs is 1. The minimum atomic E-state index is -0.816. The number of thiazole rings is 1. The highest BCUT2D eigenvalue weighted by Crippen LogP contribution is 2.44. The van der Waals surface area contributed by atoms with Crippen LogP contribution >= 0.6 is 11.3 Å². The summed E-state index contributed by atoms with van der Waals surface area (Å²) >= 11 is 1.36. The van der Waals surface area contributed by atoms with Gasteiger partial charge in [-0.15, -0.1) is 0 Å². The molecule has 160 valence electrons. The van der Waals surface area contributed by atoms with E-state index in [0.29, 0.717) is 16.5 Å². The van der Waals surface area contributed by atoms with Gasteiger partial charge in [0, 0.05) is 0 Å². The highest BCUT2D eigenvalue weighted by molar-refractivity contribution is 7.22. The van der Waals surface area contributed by atoms with Gasteiger partial charge in [-0.05, 0) is 55.7 Å². The summed E-state index contributed by atoms with van der Waals surface area (Å²) in [6, 6.07) is 15.6. The lowest BCUT2D eigenvalue weighted by Crippen LogP contribution is -2.30. The fourth-order valence-electron chi connectivity index (χ4n) is 4.14. The molecule has 2 aromatic heterocycles. The van der Waals surface area contributed by atoms with E-state index in [1.165, 1.54) is 16.2 Å². The van der Waals surface area contributed by atoms with Crippen LogP contribution < -0.4 is 4.90 Å². The number of rotatable bonds is 4. The van der Waals surface area contributed by atoms with E-state index in [4.69, 9.17) is 9.40 Å². The van der Waals surface area contributed by atoms with E-state index in [2.05, 4.69) is 0 Å². The summed E-state index contributed by atoms with van der Waals surface area (Å²) in [4.78, 5) is 32.7. The number of aromatic nitrogens is 1. The Morgan fingerprint density at radius 2 is 1.84 bits per heavy atom. The minimum Gasteiger partial charge on any atom is -0.503 e. The second kappa shape index (κ2) is 7.46. The van der Waals surface area contributed by atoms with Crippen LogP contribution in [0.25, 0.3) is 10.2 Å².